The summed E-state index contributed by atoms with van der Waals surface area (Å²) in [5.74, 6) is 0.0454. The summed E-state index contributed by atoms with van der Waals surface area (Å²) in [6.07, 6.45) is -0.139. The lowest BCUT2D eigenvalue weighted by Gasteiger charge is -2.31. The number of nitrogens with one attached hydrogen (secondary N) is 1. The molecular formula is C13H17F3N2O. The standard InChI is InChI=1S/C13H17F3N2O/c1-17-12(9-3-2-6-19-8-9)10-7-18-5-4-11(10)13(14,15)16/h4-5,7,9,12,17H,2-3,6,8H2,1H3. The van der Waals surface area contributed by atoms with Crippen LogP contribution >= 0.6 is 0 Å². The first-order valence-electron chi connectivity index (χ1n) is 6.30. The first-order valence-corrected chi connectivity index (χ1v) is 6.30. The molecule has 0 aromatic carbocycles. The van der Waals surface area contributed by atoms with Gasteiger partial charge in [-0.05, 0) is 31.5 Å². The van der Waals surface area contributed by atoms with E-state index in [4.69, 9.17) is 4.74 Å². The van der Waals surface area contributed by atoms with Gasteiger partial charge in [-0.3, -0.25) is 4.98 Å². The summed E-state index contributed by atoms with van der Waals surface area (Å²) in [6, 6.07) is 0.647. The third kappa shape index (κ3) is 3.25. The zero-order valence-corrected chi connectivity index (χ0v) is 10.7. The molecule has 1 N–H and O–H groups in total. The molecule has 0 aliphatic carbocycles. The fourth-order valence-corrected chi connectivity index (χ4v) is 2.59. The van der Waals surface area contributed by atoms with Crippen LogP contribution in [0.4, 0.5) is 13.2 Å². The summed E-state index contributed by atoms with van der Waals surface area (Å²) in [4.78, 5) is 3.84. The molecule has 6 heteroatoms. The van der Waals surface area contributed by atoms with E-state index >= 15 is 0 Å². The van der Waals surface area contributed by atoms with Gasteiger partial charge in [0.2, 0.25) is 0 Å². The second-order valence-electron chi connectivity index (χ2n) is 4.70. The lowest BCUT2D eigenvalue weighted by Crippen LogP contribution is -2.33. The average molecular weight is 274 g/mol. The van der Waals surface area contributed by atoms with Crippen LogP contribution in [0.2, 0.25) is 0 Å². The highest BCUT2D eigenvalue weighted by molar-refractivity contribution is 5.30. The maximum atomic E-state index is 13.0. The van der Waals surface area contributed by atoms with E-state index in [0.29, 0.717) is 13.2 Å². The topological polar surface area (TPSA) is 34.2 Å². The Labute approximate surface area is 110 Å². The summed E-state index contributed by atoms with van der Waals surface area (Å²) in [6.45, 7) is 1.17. The van der Waals surface area contributed by atoms with Crippen molar-refractivity contribution in [3.63, 3.8) is 0 Å². The molecule has 2 atom stereocenters. The van der Waals surface area contributed by atoms with Gasteiger partial charge in [0.05, 0.1) is 12.2 Å². The maximum Gasteiger partial charge on any atom is 0.416 e. The number of halogens is 3. The first-order chi connectivity index (χ1) is 9.04. The Balaban J connectivity index is 2.32. The number of pyridine rings is 1. The number of hydrogen-bond acceptors (Lipinski definition) is 3. The van der Waals surface area contributed by atoms with E-state index in [1.807, 2.05) is 0 Å². The Kier molecular flexibility index (Phi) is 4.42. The zero-order valence-electron chi connectivity index (χ0n) is 10.7. The van der Waals surface area contributed by atoms with Crippen molar-refractivity contribution >= 4 is 0 Å². The monoisotopic (exact) mass is 274 g/mol. The van der Waals surface area contributed by atoms with Crippen LogP contribution in [0.25, 0.3) is 0 Å². The molecule has 19 heavy (non-hydrogen) atoms. The highest BCUT2D eigenvalue weighted by Gasteiger charge is 2.37. The molecule has 0 radical (unpaired) electrons. The summed E-state index contributed by atoms with van der Waals surface area (Å²) < 4.78 is 44.4. The molecule has 1 aliphatic rings. The van der Waals surface area contributed by atoms with E-state index in [-0.39, 0.29) is 17.5 Å². The van der Waals surface area contributed by atoms with Crippen molar-refractivity contribution in [2.24, 2.45) is 5.92 Å². The minimum absolute atomic E-state index is 0.0454. The summed E-state index contributed by atoms with van der Waals surface area (Å²) >= 11 is 0. The van der Waals surface area contributed by atoms with E-state index in [2.05, 4.69) is 10.3 Å². The molecule has 106 valence electrons. The van der Waals surface area contributed by atoms with Gasteiger partial charge in [0.25, 0.3) is 0 Å². The summed E-state index contributed by atoms with van der Waals surface area (Å²) in [5.41, 5.74) is -0.416. The quantitative estimate of drug-likeness (QED) is 0.920. The third-order valence-corrected chi connectivity index (χ3v) is 3.47. The average Bonchev–Trinajstić information content (AvgIpc) is 2.40. The van der Waals surface area contributed by atoms with E-state index in [1.165, 1.54) is 12.4 Å². The van der Waals surface area contributed by atoms with Crippen molar-refractivity contribution in [2.75, 3.05) is 20.3 Å². The van der Waals surface area contributed by atoms with Crippen molar-refractivity contribution in [1.82, 2.24) is 10.3 Å². The molecular weight excluding hydrogens is 257 g/mol. The smallest absolute Gasteiger partial charge is 0.381 e. The Bertz CT molecular complexity index is 417. The van der Waals surface area contributed by atoms with Gasteiger partial charge in [0.15, 0.2) is 0 Å². The first kappa shape index (κ1) is 14.3. The van der Waals surface area contributed by atoms with Gasteiger partial charge in [-0.15, -0.1) is 0 Å². The van der Waals surface area contributed by atoms with Gasteiger partial charge < -0.3 is 10.1 Å². The molecule has 2 heterocycles. The minimum Gasteiger partial charge on any atom is -0.381 e. The van der Waals surface area contributed by atoms with Crippen molar-refractivity contribution in [2.45, 2.75) is 25.1 Å². The lowest BCUT2D eigenvalue weighted by atomic mass is 9.87. The maximum absolute atomic E-state index is 13.0. The van der Waals surface area contributed by atoms with Crippen LogP contribution in [0, 0.1) is 5.92 Å². The molecule has 1 aliphatic heterocycles. The Morgan fingerprint density at radius 2 is 2.26 bits per heavy atom. The van der Waals surface area contributed by atoms with Crippen LogP contribution in [0.1, 0.15) is 30.0 Å². The van der Waals surface area contributed by atoms with Gasteiger partial charge in [-0.25, -0.2) is 0 Å². The fraction of sp³-hybridized carbons (Fsp3) is 0.615. The van der Waals surface area contributed by atoms with E-state index in [0.717, 1.165) is 18.9 Å². The number of aromatic nitrogens is 1. The van der Waals surface area contributed by atoms with Crippen molar-refractivity contribution in [3.8, 4) is 0 Å². The van der Waals surface area contributed by atoms with Crippen LogP contribution < -0.4 is 5.32 Å². The van der Waals surface area contributed by atoms with E-state index in [9.17, 15) is 13.2 Å². The number of nitrogens with zero attached hydrogens (tertiary/aromatic N) is 1. The number of hydrogen-bond donors (Lipinski definition) is 1. The largest absolute Gasteiger partial charge is 0.416 e. The van der Waals surface area contributed by atoms with Crippen molar-refractivity contribution in [1.29, 1.82) is 0 Å². The third-order valence-electron chi connectivity index (χ3n) is 3.47. The minimum atomic E-state index is -4.36. The van der Waals surface area contributed by atoms with Gasteiger partial charge >= 0.3 is 6.18 Å². The number of rotatable bonds is 3. The van der Waals surface area contributed by atoms with Crippen LogP contribution in [0.15, 0.2) is 18.5 Å². The van der Waals surface area contributed by atoms with Gasteiger partial charge in [0, 0.05) is 31.0 Å². The fourth-order valence-electron chi connectivity index (χ4n) is 2.59. The van der Waals surface area contributed by atoms with E-state index in [1.54, 1.807) is 7.05 Å². The molecule has 1 aromatic heterocycles. The summed E-state index contributed by atoms with van der Waals surface area (Å²) in [5, 5.41) is 2.98. The Morgan fingerprint density at radius 1 is 1.47 bits per heavy atom. The molecule has 3 nitrogen and oxygen atoms in total. The second-order valence-corrected chi connectivity index (χ2v) is 4.70. The van der Waals surface area contributed by atoms with Crippen LogP contribution in [-0.4, -0.2) is 25.2 Å². The van der Waals surface area contributed by atoms with Gasteiger partial charge in [-0.1, -0.05) is 0 Å². The highest BCUT2D eigenvalue weighted by Crippen LogP contribution is 2.37. The molecule has 0 saturated carbocycles. The SMILES string of the molecule is CNC(c1cnccc1C(F)(F)F)C1CCCOC1. The summed E-state index contributed by atoms with van der Waals surface area (Å²) in [7, 11) is 1.67. The predicted molar refractivity (Wildman–Crippen MR) is 64.6 cm³/mol. The molecule has 1 aromatic rings. The highest BCUT2D eigenvalue weighted by atomic mass is 19.4. The van der Waals surface area contributed by atoms with Crippen LogP contribution in [-0.2, 0) is 10.9 Å². The molecule has 0 spiro atoms. The van der Waals surface area contributed by atoms with Gasteiger partial charge in [-0.2, -0.15) is 13.2 Å². The van der Waals surface area contributed by atoms with Crippen LogP contribution in [0.5, 0.6) is 0 Å². The molecule has 2 rings (SSSR count). The van der Waals surface area contributed by atoms with Crippen LogP contribution in [0.3, 0.4) is 0 Å². The number of alkyl halides is 3. The zero-order chi connectivity index (χ0) is 13.9. The predicted octanol–water partition coefficient (Wildman–Crippen LogP) is 2.79. The molecule has 0 bridgehead atoms. The lowest BCUT2D eigenvalue weighted by molar-refractivity contribution is -0.138. The van der Waals surface area contributed by atoms with Crippen molar-refractivity contribution < 1.29 is 17.9 Å². The van der Waals surface area contributed by atoms with E-state index < -0.39 is 11.7 Å². The van der Waals surface area contributed by atoms with Gasteiger partial charge in [0.1, 0.15) is 0 Å². The molecule has 2 unspecified atom stereocenters. The molecule has 1 saturated heterocycles. The normalized spacial score (nSPS) is 22.2. The molecule has 0 amide bonds. The second kappa shape index (κ2) is 5.88. The van der Waals surface area contributed by atoms with Crippen molar-refractivity contribution in [3.05, 3.63) is 29.6 Å². The number of ether oxygens (including phenoxy) is 1. The Hall–Kier alpha value is -1.14. The Morgan fingerprint density at radius 3 is 2.84 bits per heavy atom. The molecule has 1 fully saturated rings.